The molecule has 0 aliphatic carbocycles. The van der Waals surface area contributed by atoms with Crippen LogP contribution in [-0.4, -0.2) is 6.09 Å². The maximum atomic E-state index is 10.4. The molecule has 0 aliphatic rings. The Morgan fingerprint density at radius 3 is 2.86 bits per heavy atom. The van der Waals surface area contributed by atoms with Gasteiger partial charge < -0.3 is 20.0 Å². The molecule has 0 unspecified atom stereocenters. The van der Waals surface area contributed by atoms with Gasteiger partial charge in [-0.25, -0.2) is 0 Å². The van der Waals surface area contributed by atoms with Crippen LogP contribution in [0.4, 0.5) is 4.79 Å². The third kappa shape index (κ3) is 4.13. The molecule has 1 amide bonds. The van der Waals surface area contributed by atoms with Gasteiger partial charge in [-0.3, -0.25) is 0 Å². The lowest BCUT2D eigenvalue weighted by Gasteiger charge is -2.10. The average molecular weight is 302 g/mol. The summed E-state index contributed by atoms with van der Waals surface area (Å²) in [6.07, 6.45) is -1.34. The van der Waals surface area contributed by atoms with Crippen molar-refractivity contribution in [2.75, 3.05) is 0 Å². The zero-order chi connectivity index (χ0) is 15.2. The van der Waals surface area contributed by atoms with Gasteiger partial charge in [-0.1, -0.05) is 23.7 Å². The fraction of sp³-hybridized carbons (Fsp3) is 0.0667. The highest BCUT2D eigenvalue weighted by Crippen LogP contribution is 2.28. The van der Waals surface area contributed by atoms with E-state index in [9.17, 15) is 9.90 Å². The molecule has 0 saturated heterocycles. The van der Waals surface area contributed by atoms with E-state index >= 15 is 0 Å². The molecular weight excluding hydrogens is 292 g/mol. The summed E-state index contributed by atoms with van der Waals surface area (Å²) in [6, 6.07) is 13.6. The summed E-state index contributed by atoms with van der Waals surface area (Å²) >= 11 is 5.88. The van der Waals surface area contributed by atoms with Gasteiger partial charge in [-0.15, -0.1) is 0 Å². The van der Waals surface area contributed by atoms with Gasteiger partial charge >= 0.3 is 0 Å². The van der Waals surface area contributed by atoms with Crippen molar-refractivity contribution in [1.82, 2.24) is 5.32 Å². The predicted octanol–water partition coefficient (Wildman–Crippen LogP) is 2.44. The summed E-state index contributed by atoms with van der Waals surface area (Å²) in [5.41, 5.74) is 1.06. The van der Waals surface area contributed by atoms with E-state index in [4.69, 9.17) is 21.6 Å². The quantitative estimate of drug-likeness (QED) is 0.940. The van der Waals surface area contributed by atoms with E-state index < -0.39 is 6.09 Å². The molecule has 6 heteroatoms. The zero-order valence-electron chi connectivity index (χ0n) is 10.8. The molecule has 0 aliphatic heterocycles. The van der Waals surface area contributed by atoms with E-state index in [1.807, 2.05) is 6.07 Å². The van der Waals surface area contributed by atoms with Crippen molar-refractivity contribution in [2.24, 2.45) is 0 Å². The first-order valence-corrected chi connectivity index (χ1v) is 6.37. The molecule has 21 heavy (non-hydrogen) atoms. The summed E-state index contributed by atoms with van der Waals surface area (Å²) in [5.74, 6) is 0.821. The lowest BCUT2D eigenvalue weighted by Crippen LogP contribution is -2.35. The molecule has 0 heterocycles. The molecule has 0 bridgehead atoms. The van der Waals surface area contributed by atoms with Crippen molar-refractivity contribution in [3.05, 3.63) is 58.6 Å². The second-order valence-corrected chi connectivity index (χ2v) is 4.58. The number of nitriles is 1. The number of nitrogens with zero attached hydrogens (tertiary/aromatic N) is 1. The van der Waals surface area contributed by atoms with Gasteiger partial charge in [0.2, 0.25) is 0 Å². The molecule has 0 fully saturated rings. The second kappa shape index (κ2) is 6.64. The van der Waals surface area contributed by atoms with Crippen LogP contribution in [-0.2, 0) is 6.54 Å². The highest BCUT2D eigenvalue weighted by atomic mass is 35.5. The molecule has 5 nitrogen and oxygen atoms in total. The van der Waals surface area contributed by atoms with E-state index in [2.05, 4.69) is 5.32 Å². The van der Waals surface area contributed by atoms with Crippen molar-refractivity contribution < 1.29 is 14.6 Å². The lowest BCUT2D eigenvalue weighted by molar-refractivity contribution is -0.251. The van der Waals surface area contributed by atoms with Crippen molar-refractivity contribution in [3.8, 4) is 17.6 Å². The number of amides is 1. The minimum absolute atomic E-state index is 0.111. The Hall–Kier alpha value is -2.71. The van der Waals surface area contributed by atoms with Crippen LogP contribution in [0.1, 0.15) is 11.1 Å². The highest BCUT2D eigenvalue weighted by molar-refractivity contribution is 6.30. The summed E-state index contributed by atoms with van der Waals surface area (Å²) < 4.78 is 5.63. The Morgan fingerprint density at radius 1 is 1.33 bits per heavy atom. The number of rotatable bonds is 4. The molecule has 106 valence electrons. The molecule has 0 spiro atoms. The Kier molecular flexibility index (Phi) is 4.64. The monoisotopic (exact) mass is 301 g/mol. The van der Waals surface area contributed by atoms with Crippen LogP contribution in [0.5, 0.6) is 11.5 Å². The molecular formula is C15H10ClN2O3-. The van der Waals surface area contributed by atoms with Gasteiger partial charge in [0.25, 0.3) is 0 Å². The molecule has 0 aromatic heterocycles. The fourth-order valence-electron chi connectivity index (χ4n) is 1.69. The summed E-state index contributed by atoms with van der Waals surface area (Å²) in [5, 5.41) is 22.0. The van der Waals surface area contributed by atoms with Crippen LogP contribution < -0.4 is 15.2 Å². The maximum absolute atomic E-state index is 10.4. The molecule has 2 aromatic carbocycles. The van der Waals surface area contributed by atoms with E-state index in [-0.39, 0.29) is 6.54 Å². The normalized spacial score (nSPS) is 9.71. The fourth-order valence-corrected chi connectivity index (χ4v) is 1.86. The topological polar surface area (TPSA) is 85.2 Å². The Labute approximate surface area is 126 Å². The van der Waals surface area contributed by atoms with Crippen molar-refractivity contribution >= 4 is 17.7 Å². The zero-order valence-corrected chi connectivity index (χ0v) is 11.6. The maximum Gasteiger partial charge on any atom is 0.146 e. The Balaban J connectivity index is 2.20. The second-order valence-electron chi connectivity index (χ2n) is 4.14. The van der Waals surface area contributed by atoms with Crippen LogP contribution in [0.25, 0.3) is 0 Å². The number of carbonyl (C=O) groups is 1. The van der Waals surface area contributed by atoms with Gasteiger partial charge in [0, 0.05) is 17.6 Å². The number of carboxylic acid groups (broad SMARTS) is 1. The first kappa shape index (κ1) is 14.7. The smallest absolute Gasteiger partial charge is 0.146 e. The van der Waals surface area contributed by atoms with Crippen LogP contribution in [0.15, 0.2) is 42.5 Å². The largest absolute Gasteiger partial charge is 0.530 e. The predicted molar refractivity (Wildman–Crippen MR) is 74.9 cm³/mol. The Bertz CT molecular complexity index is 710. The molecule has 2 rings (SSSR count). The number of ether oxygens (including phenoxy) is 1. The van der Waals surface area contributed by atoms with Gasteiger partial charge in [0.15, 0.2) is 0 Å². The van der Waals surface area contributed by atoms with Crippen LogP contribution in [0, 0.1) is 11.3 Å². The Morgan fingerprint density at radius 2 is 2.14 bits per heavy atom. The van der Waals surface area contributed by atoms with Gasteiger partial charge in [-0.2, -0.15) is 5.26 Å². The summed E-state index contributed by atoms with van der Waals surface area (Å²) in [4.78, 5) is 10.4. The van der Waals surface area contributed by atoms with Crippen LogP contribution >= 0.6 is 11.6 Å². The number of carbonyl (C=O) groups excluding carboxylic acids is 1. The number of halogens is 1. The van der Waals surface area contributed by atoms with E-state index in [0.717, 1.165) is 0 Å². The molecule has 0 saturated carbocycles. The minimum Gasteiger partial charge on any atom is -0.530 e. The van der Waals surface area contributed by atoms with Crippen molar-refractivity contribution in [2.45, 2.75) is 6.54 Å². The number of hydrogen-bond donors (Lipinski definition) is 1. The van der Waals surface area contributed by atoms with Gasteiger partial charge in [-0.05, 0) is 29.8 Å². The standard InChI is InChI=1S/C15H11ClN2O3/c16-12-5-4-11(8-17)14(7-12)21-13-3-1-2-10(6-13)9-18-15(19)20/h1-7,18H,9H2,(H,19,20)/p-1. The molecule has 0 atom stereocenters. The van der Waals surface area contributed by atoms with Crippen molar-refractivity contribution in [1.29, 1.82) is 5.26 Å². The summed E-state index contributed by atoms with van der Waals surface area (Å²) in [6.45, 7) is 0.111. The van der Waals surface area contributed by atoms with E-state index in [1.54, 1.807) is 42.5 Å². The highest BCUT2D eigenvalue weighted by Gasteiger charge is 2.06. The number of nitrogens with one attached hydrogen (secondary N) is 1. The third-order valence-corrected chi connectivity index (χ3v) is 2.86. The third-order valence-electron chi connectivity index (χ3n) is 2.63. The lowest BCUT2D eigenvalue weighted by atomic mass is 10.2. The molecule has 0 radical (unpaired) electrons. The van der Waals surface area contributed by atoms with E-state index in [0.29, 0.717) is 27.6 Å². The average Bonchev–Trinajstić information content (AvgIpc) is 2.46. The van der Waals surface area contributed by atoms with Gasteiger partial charge in [0.1, 0.15) is 23.7 Å². The van der Waals surface area contributed by atoms with Crippen molar-refractivity contribution in [3.63, 3.8) is 0 Å². The van der Waals surface area contributed by atoms with Crippen LogP contribution in [0.3, 0.4) is 0 Å². The first-order valence-electron chi connectivity index (χ1n) is 6.00. The summed E-state index contributed by atoms with van der Waals surface area (Å²) in [7, 11) is 0. The SMILES string of the molecule is N#Cc1ccc(Cl)cc1Oc1cccc(CNC(=O)[O-])c1. The molecule has 1 N–H and O–H groups in total. The van der Waals surface area contributed by atoms with Crippen LogP contribution in [0.2, 0.25) is 5.02 Å². The minimum atomic E-state index is -1.34. The molecule has 2 aromatic rings. The number of hydrogen-bond acceptors (Lipinski definition) is 4. The van der Waals surface area contributed by atoms with E-state index in [1.165, 1.54) is 0 Å². The first-order chi connectivity index (χ1) is 10.1. The van der Waals surface area contributed by atoms with Gasteiger partial charge in [0.05, 0.1) is 5.56 Å². The number of benzene rings is 2.